The van der Waals surface area contributed by atoms with Crippen molar-refractivity contribution < 1.29 is 9.21 Å². The first kappa shape index (κ1) is 15.1. The van der Waals surface area contributed by atoms with E-state index in [0.29, 0.717) is 11.1 Å². The quantitative estimate of drug-likeness (QED) is 0.833. The normalized spacial score (nSPS) is 12.6. The van der Waals surface area contributed by atoms with Crippen LogP contribution in [0, 0.1) is 5.92 Å². The molecule has 0 aliphatic heterocycles. The molecule has 1 aromatic carbocycles. The number of hydrogen-bond acceptors (Lipinski definition) is 5. The van der Waals surface area contributed by atoms with Crippen LogP contribution in [0.15, 0.2) is 38.4 Å². The summed E-state index contributed by atoms with van der Waals surface area (Å²) in [4.78, 5) is 11.4. The lowest BCUT2D eigenvalue weighted by molar-refractivity contribution is -0.118. The second-order valence-electron chi connectivity index (χ2n) is 4.54. The fourth-order valence-electron chi connectivity index (χ4n) is 1.63. The molecule has 0 saturated heterocycles. The predicted octanol–water partition coefficient (Wildman–Crippen LogP) is 3.10. The summed E-state index contributed by atoms with van der Waals surface area (Å²) in [5, 5.41) is 7.91. The van der Waals surface area contributed by atoms with Gasteiger partial charge in [-0.15, -0.1) is 10.2 Å². The number of thioether (sulfide) groups is 1. The van der Waals surface area contributed by atoms with Gasteiger partial charge in [-0.05, 0) is 34.0 Å². The van der Waals surface area contributed by atoms with E-state index < -0.39 is 0 Å². The first-order valence-corrected chi connectivity index (χ1v) is 7.70. The Balaban J connectivity index is 2.21. The minimum Gasteiger partial charge on any atom is -0.411 e. The van der Waals surface area contributed by atoms with E-state index >= 15 is 0 Å². The monoisotopic (exact) mass is 355 g/mol. The smallest absolute Gasteiger partial charge is 0.277 e. The van der Waals surface area contributed by atoms with E-state index in [0.717, 1.165) is 10.0 Å². The second-order valence-corrected chi connectivity index (χ2v) is 6.48. The van der Waals surface area contributed by atoms with Crippen molar-refractivity contribution in [3.63, 3.8) is 0 Å². The van der Waals surface area contributed by atoms with Gasteiger partial charge in [-0.1, -0.05) is 37.7 Å². The molecule has 0 radical (unpaired) electrons. The van der Waals surface area contributed by atoms with E-state index in [9.17, 15) is 4.79 Å². The van der Waals surface area contributed by atoms with Crippen LogP contribution >= 0.6 is 27.7 Å². The fraction of sp³-hybridized carbons (Fsp3) is 0.308. The summed E-state index contributed by atoms with van der Waals surface area (Å²) in [6, 6.07) is 7.56. The summed E-state index contributed by atoms with van der Waals surface area (Å²) in [7, 11) is 0. The van der Waals surface area contributed by atoms with Crippen molar-refractivity contribution >= 4 is 33.6 Å². The van der Waals surface area contributed by atoms with Crippen molar-refractivity contribution in [3.05, 3.63) is 28.7 Å². The molecule has 0 spiro atoms. The summed E-state index contributed by atoms with van der Waals surface area (Å²) in [5.74, 6) is 0.119. The van der Waals surface area contributed by atoms with Crippen molar-refractivity contribution in [3.8, 4) is 11.5 Å². The van der Waals surface area contributed by atoms with Crippen LogP contribution in [0.25, 0.3) is 11.5 Å². The number of nitrogens with two attached hydrogens (primary N) is 1. The van der Waals surface area contributed by atoms with E-state index in [2.05, 4.69) is 26.1 Å². The van der Waals surface area contributed by atoms with Crippen LogP contribution < -0.4 is 5.73 Å². The Bertz CT molecular complexity index is 615. The van der Waals surface area contributed by atoms with Gasteiger partial charge in [0.05, 0.1) is 10.8 Å². The first-order chi connectivity index (χ1) is 9.49. The lowest BCUT2D eigenvalue weighted by Gasteiger charge is -2.13. The highest BCUT2D eigenvalue weighted by atomic mass is 79.9. The summed E-state index contributed by atoms with van der Waals surface area (Å²) >= 11 is 4.63. The third kappa shape index (κ3) is 3.40. The van der Waals surface area contributed by atoms with Gasteiger partial charge in [-0.25, -0.2) is 0 Å². The van der Waals surface area contributed by atoms with Crippen LogP contribution in [0.3, 0.4) is 0 Å². The molecule has 20 heavy (non-hydrogen) atoms. The Hall–Kier alpha value is -1.34. The number of aromatic nitrogens is 2. The van der Waals surface area contributed by atoms with E-state index in [4.69, 9.17) is 10.2 Å². The number of benzene rings is 1. The molecule has 1 unspecified atom stereocenters. The van der Waals surface area contributed by atoms with E-state index in [1.54, 1.807) is 0 Å². The number of amides is 1. The molecule has 0 saturated carbocycles. The molecule has 1 aromatic heterocycles. The molecule has 0 aliphatic carbocycles. The number of hydrogen-bond donors (Lipinski definition) is 1. The standard InChI is InChI=1S/C13H14BrN3O2S/c1-7(2)10(11(15)18)20-13-17-16-12(19-13)8-5-3-4-6-9(8)14/h3-7,10H,1-2H3,(H2,15,18). The highest BCUT2D eigenvalue weighted by Gasteiger charge is 2.24. The molecule has 0 aliphatic rings. The van der Waals surface area contributed by atoms with Gasteiger partial charge in [-0.3, -0.25) is 4.79 Å². The number of halogens is 1. The molecule has 1 amide bonds. The van der Waals surface area contributed by atoms with Crippen LogP contribution in [0.1, 0.15) is 13.8 Å². The van der Waals surface area contributed by atoms with E-state index in [-0.39, 0.29) is 17.1 Å². The van der Waals surface area contributed by atoms with Crippen molar-refractivity contribution in [1.82, 2.24) is 10.2 Å². The van der Waals surface area contributed by atoms with Crippen LogP contribution in [-0.4, -0.2) is 21.4 Å². The van der Waals surface area contributed by atoms with Gasteiger partial charge in [0, 0.05) is 4.47 Å². The molecular formula is C13H14BrN3O2S. The summed E-state index contributed by atoms with van der Waals surface area (Å²) in [6.45, 7) is 3.85. The molecule has 0 fully saturated rings. The Kier molecular flexibility index (Phi) is 4.82. The predicted molar refractivity (Wildman–Crippen MR) is 81.1 cm³/mol. The largest absolute Gasteiger partial charge is 0.411 e. The van der Waals surface area contributed by atoms with Crippen LogP contribution in [0.5, 0.6) is 0 Å². The Morgan fingerprint density at radius 1 is 1.35 bits per heavy atom. The molecular weight excluding hydrogens is 342 g/mol. The van der Waals surface area contributed by atoms with E-state index in [1.807, 2.05) is 38.1 Å². The minimum absolute atomic E-state index is 0.0938. The average Bonchev–Trinajstić information content (AvgIpc) is 2.84. The summed E-state index contributed by atoms with van der Waals surface area (Å²) in [6.07, 6.45) is 0. The molecule has 7 heteroatoms. The van der Waals surface area contributed by atoms with Gasteiger partial charge in [-0.2, -0.15) is 0 Å². The number of carbonyl (C=O) groups excluding carboxylic acids is 1. The lowest BCUT2D eigenvalue weighted by Crippen LogP contribution is -2.30. The molecule has 5 nitrogen and oxygen atoms in total. The molecule has 2 N–H and O–H groups in total. The zero-order valence-corrected chi connectivity index (χ0v) is 13.4. The molecule has 2 aromatic rings. The van der Waals surface area contributed by atoms with Crippen molar-refractivity contribution in [2.24, 2.45) is 11.7 Å². The molecule has 2 rings (SSSR count). The van der Waals surface area contributed by atoms with Gasteiger partial charge in [0.2, 0.25) is 11.8 Å². The number of nitrogens with zero attached hydrogens (tertiary/aromatic N) is 2. The maximum atomic E-state index is 11.4. The Labute approximate surface area is 129 Å². The molecule has 0 bridgehead atoms. The third-order valence-corrected chi connectivity index (χ3v) is 4.71. The van der Waals surface area contributed by atoms with Gasteiger partial charge in [0.25, 0.3) is 5.22 Å². The molecule has 106 valence electrons. The SMILES string of the molecule is CC(C)C(Sc1nnc(-c2ccccc2Br)o1)C(N)=O. The number of rotatable bonds is 5. The number of primary amides is 1. The lowest BCUT2D eigenvalue weighted by atomic mass is 10.1. The Morgan fingerprint density at radius 3 is 2.65 bits per heavy atom. The van der Waals surface area contributed by atoms with Gasteiger partial charge in [0.15, 0.2) is 0 Å². The maximum Gasteiger partial charge on any atom is 0.277 e. The van der Waals surface area contributed by atoms with Crippen molar-refractivity contribution in [1.29, 1.82) is 0 Å². The topological polar surface area (TPSA) is 82.0 Å². The number of carbonyl (C=O) groups is 1. The van der Waals surface area contributed by atoms with Crippen LogP contribution in [-0.2, 0) is 4.79 Å². The van der Waals surface area contributed by atoms with Crippen LogP contribution in [0.2, 0.25) is 0 Å². The zero-order chi connectivity index (χ0) is 14.7. The molecule has 1 atom stereocenters. The third-order valence-electron chi connectivity index (χ3n) is 2.62. The van der Waals surface area contributed by atoms with Crippen molar-refractivity contribution in [2.45, 2.75) is 24.3 Å². The maximum absolute atomic E-state index is 11.4. The summed E-state index contributed by atoms with van der Waals surface area (Å²) in [5.41, 5.74) is 6.18. The van der Waals surface area contributed by atoms with Gasteiger partial charge in [0.1, 0.15) is 0 Å². The summed E-state index contributed by atoms with van der Waals surface area (Å²) < 4.78 is 6.46. The van der Waals surface area contributed by atoms with Gasteiger partial charge >= 0.3 is 0 Å². The fourth-order valence-corrected chi connectivity index (χ4v) is 2.91. The van der Waals surface area contributed by atoms with Crippen LogP contribution in [0.4, 0.5) is 0 Å². The van der Waals surface area contributed by atoms with E-state index in [1.165, 1.54) is 11.8 Å². The zero-order valence-electron chi connectivity index (χ0n) is 11.0. The second kappa shape index (κ2) is 6.41. The minimum atomic E-state index is -0.387. The highest BCUT2D eigenvalue weighted by Crippen LogP contribution is 2.31. The average molecular weight is 356 g/mol. The highest BCUT2D eigenvalue weighted by molar-refractivity contribution is 9.10. The first-order valence-electron chi connectivity index (χ1n) is 6.03. The molecule has 1 heterocycles. The Morgan fingerprint density at radius 2 is 2.05 bits per heavy atom. The van der Waals surface area contributed by atoms with Crippen molar-refractivity contribution in [2.75, 3.05) is 0 Å². The van der Waals surface area contributed by atoms with Gasteiger partial charge < -0.3 is 10.2 Å².